The maximum atomic E-state index is 15.0. The second-order valence-electron chi connectivity index (χ2n) is 9.67. The quantitative estimate of drug-likeness (QED) is 0.223. The van der Waals surface area contributed by atoms with E-state index in [1.54, 1.807) is 29.1 Å². The number of carbonyl (C=O) groups excluding carboxylic acids is 1. The molecule has 7 heteroatoms. The van der Waals surface area contributed by atoms with Crippen LogP contribution in [0.4, 0.5) is 4.39 Å². The van der Waals surface area contributed by atoms with Crippen LogP contribution in [0.15, 0.2) is 72.0 Å². The maximum absolute atomic E-state index is 15.0. The van der Waals surface area contributed by atoms with Gasteiger partial charge in [0.15, 0.2) is 5.78 Å². The number of halogens is 1. The Labute approximate surface area is 222 Å². The van der Waals surface area contributed by atoms with Crippen LogP contribution in [-0.4, -0.2) is 27.0 Å². The third-order valence-electron chi connectivity index (χ3n) is 7.08. The van der Waals surface area contributed by atoms with Crippen LogP contribution in [0.25, 0.3) is 5.69 Å². The van der Waals surface area contributed by atoms with Gasteiger partial charge in [0, 0.05) is 18.0 Å². The average molecular weight is 516 g/mol. The summed E-state index contributed by atoms with van der Waals surface area (Å²) in [5.41, 5.74) is 3.17. The van der Waals surface area contributed by atoms with Gasteiger partial charge in [-0.1, -0.05) is 51.5 Å². The predicted molar refractivity (Wildman–Crippen MR) is 147 cm³/mol. The molecule has 0 amide bonds. The molecule has 2 unspecified atom stereocenters. The first kappa shape index (κ1) is 27.0. The fourth-order valence-electron chi connectivity index (χ4n) is 4.90. The van der Waals surface area contributed by atoms with Crippen LogP contribution in [0.1, 0.15) is 84.7 Å². The molecular formula is C31H34FN3O3. The standard InChI is InChI=1S/C31H34FN3O3/c1-6-10-27(25-12-9-8-11-24(25)20(3)7-2)35-18-23(32)16-26(31(35)37)30(36)22-13-14-28(29(15-22)38-5)34-17-21(4)33-19-34/h8-9,11-20,27H,6-7,10H2,1-5H3. The molecule has 0 aliphatic carbocycles. The molecule has 2 heterocycles. The van der Waals surface area contributed by atoms with Gasteiger partial charge in [-0.2, -0.15) is 0 Å². The summed E-state index contributed by atoms with van der Waals surface area (Å²) >= 11 is 0. The highest BCUT2D eigenvalue weighted by Crippen LogP contribution is 2.32. The number of methoxy groups -OCH3 is 1. The molecule has 0 aliphatic rings. The summed E-state index contributed by atoms with van der Waals surface area (Å²) in [5.74, 6) is -0.467. The number of pyridine rings is 1. The maximum Gasteiger partial charge on any atom is 0.262 e. The first-order valence-electron chi connectivity index (χ1n) is 13.0. The molecule has 6 nitrogen and oxygen atoms in total. The van der Waals surface area contributed by atoms with E-state index in [9.17, 15) is 9.59 Å². The molecule has 4 aromatic rings. The van der Waals surface area contributed by atoms with Gasteiger partial charge in [-0.25, -0.2) is 9.37 Å². The minimum Gasteiger partial charge on any atom is -0.495 e. The number of ketones is 1. The van der Waals surface area contributed by atoms with Gasteiger partial charge >= 0.3 is 0 Å². The SMILES string of the molecule is CCCC(c1ccccc1C(C)CC)n1cc(F)cc(C(=O)c2ccc(-n3cnc(C)c3)c(OC)c2)c1=O. The van der Waals surface area contributed by atoms with Crippen molar-refractivity contribution in [2.45, 2.75) is 58.9 Å². The molecule has 2 aromatic heterocycles. The third kappa shape index (κ3) is 5.32. The molecule has 0 bridgehead atoms. The Hall–Kier alpha value is -4.00. The predicted octanol–water partition coefficient (Wildman–Crippen LogP) is 6.62. The van der Waals surface area contributed by atoms with E-state index in [4.69, 9.17) is 4.74 Å². The Morgan fingerprint density at radius 2 is 1.82 bits per heavy atom. The molecule has 38 heavy (non-hydrogen) atoms. The Morgan fingerprint density at radius 3 is 2.45 bits per heavy atom. The van der Waals surface area contributed by atoms with Crippen molar-refractivity contribution in [3.63, 3.8) is 0 Å². The fraction of sp³-hybridized carbons (Fsp3) is 0.323. The molecule has 2 atom stereocenters. The van der Waals surface area contributed by atoms with Crippen molar-refractivity contribution in [2.24, 2.45) is 0 Å². The number of rotatable bonds is 10. The zero-order chi connectivity index (χ0) is 27.4. The number of aromatic nitrogens is 3. The minimum atomic E-state index is -0.632. The minimum absolute atomic E-state index is 0.208. The van der Waals surface area contributed by atoms with Crippen LogP contribution in [0.5, 0.6) is 5.75 Å². The number of hydrogen-bond acceptors (Lipinski definition) is 4. The molecule has 0 radical (unpaired) electrons. The number of nitrogens with zero attached hydrogens (tertiary/aromatic N) is 3. The van der Waals surface area contributed by atoms with Gasteiger partial charge in [-0.3, -0.25) is 9.59 Å². The van der Waals surface area contributed by atoms with Crippen LogP contribution in [0.2, 0.25) is 0 Å². The lowest BCUT2D eigenvalue weighted by Gasteiger charge is -2.25. The summed E-state index contributed by atoms with van der Waals surface area (Å²) in [6.45, 7) is 8.18. The Balaban J connectivity index is 1.80. The molecule has 2 aromatic carbocycles. The van der Waals surface area contributed by atoms with E-state index in [1.807, 2.05) is 38.2 Å². The highest BCUT2D eigenvalue weighted by Gasteiger charge is 2.24. The largest absolute Gasteiger partial charge is 0.495 e. The van der Waals surface area contributed by atoms with Gasteiger partial charge in [0.2, 0.25) is 0 Å². The van der Waals surface area contributed by atoms with Gasteiger partial charge in [0.05, 0.1) is 36.4 Å². The van der Waals surface area contributed by atoms with Crippen LogP contribution >= 0.6 is 0 Å². The normalized spacial score (nSPS) is 12.8. The summed E-state index contributed by atoms with van der Waals surface area (Å²) < 4.78 is 23.7. The van der Waals surface area contributed by atoms with Crippen molar-refractivity contribution >= 4 is 5.78 Å². The fourth-order valence-corrected chi connectivity index (χ4v) is 4.90. The van der Waals surface area contributed by atoms with Gasteiger partial charge < -0.3 is 13.9 Å². The molecule has 198 valence electrons. The van der Waals surface area contributed by atoms with Crippen LogP contribution in [0.3, 0.4) is 0 Å². The summed E-state index contributed by atoms with van der Waals surface area (Å²) in [4.78, 5) is 31.6. The molecule has 0 saturated heterocycles. The first-order valence-corrected chi connectivity index (χ1v) is 13.0. The number of imidazole rings is 1. The lowest BCUT2D eigenvalue weighted by Crippen LogP contribution is -2.31. The van der Waals surface area contributed by atoms with Crippen molar-refractivity contribution in [3.05, 3.63) is 111 Å². The molecule has 0 spiro atoms. The highest BCUT2D eigenvalue weighted by atomic mass is 19.1. The topological polar surface area (TPSA) is 66.1 Å². The number of ether oxygens (including phenoxy) is 1. The molecule has 0 N–H and O–H groups in total. The molecule has 0 saturated carbocycles. The van der Waals surface area contributed by atoms with Gasteiger partial charge in [-0.15, -0.1) is 0 Å². The smallest absolute Gasteiger partial charge is 0.262 e. The van der Waals surface area contributed by atoms with Crippen LogP contribution < -0.4 is 10.3 Å². The van der Waals surface area contributed by atoms with Crippen molar-refractivity contribution in [1.82, 2.24) is 14.1 Å². The van der Waals surface area contributed by atoms with Crippen LogP contribution in [0, 0.1) is 12.7 Å². The molecule has 0 aliphatic heterocycles. The summed E-state index contributed by atoms with van der Waals surface area (Å²) in [6.07, 6.45) is 7.09. The van der Waals surface area contributed by atoms with Crippen molar-refractivity contribution < 1.29 is 13.9 Å². The second kappa shape index (κ2) is 11.6. The molecular weight excluding hydrogens is 481 g/mol. The third-order valence-corrected chi connectivity index (χ3v) is 7.08. The van der Waals surface area contributed by atoms with E-state index in [2.05, 4.69) is 24.9 Å². The number of hydrogen-bond donors (Lipinski definition) is 0. The van der Waals surface area contributed by atoms with Crippen LogP contribution in [-0.2, 0) is 0 Å². The monoisotopic (exact) mass is 515 g/mol. The van der Waals surface area contributed by atoms with Crippen molar-refractivity contribution in [1.29, 1.82) is 0 Å². The lowest BCUT2D eigenvalue weighted by molar-refractivity contribution is 0.103. The van der Waals surface area contributed by atoms with E-state index >= 15 is 4.39 Å². The summed E-state index contributed by atoms with van der Waals surface area (Å²) in [5, 5.41) is 0. The van der Waals surface area contributed by atoms with Gasteiger partial charge in [-0.05, 0) is 61.1 Å². The van der Waals surface area contributed by atoms with E-state index < -0.39 is 17.2 Å². The zero-order valence-electron chi connectivity index (χ0n) is 22.6. The average Bonchev–Trinajstić information content (AvgIpc) is 3.37. The second-order valence-corrected chi connectivity index (χ2v) is 9.67. The Bertz CT molecular complexity index is 1500. The summed E-state index contributed by atoms with van der Waals surface area (Å²) in [7, 11) is 1.51. The van der Waals surface area contributed by atoms with Crippen molar-refractivity contribution in [3.8, 4) is 11.4 Å². The summed E-state index contributed by atoms with van der Waals surface area (Å²) in [6, 6.07) is 13.6. The first-order chi connectivity index (χ1) is 18.3. The molecule has 0 fully saturated rings. The number of carbonyl (C=O) groups is 1. The Kier molecular flexibility index (Phi) is 8.25. The zero-order valence-corrected chi connectivity index (χ0v) is 22.6. The number of aryl methyl sites for hydroxylation is 1. The molecule has 4 rings (SSSR count). The number of benzene rings is 2. The van der Waals surface area contributed by atoms with Gasteiger partial charge in [0.25, 0.3) is 5.56 Å². The van der Waals surface area contributed by atoms with E-state index in [0.29, 0.717) is 17.9 Å². The Morgan fingerprint density at radius 1 is 1.08 bits per heavy atom. The highest BCUT2D eigenvalue weighted by molar-refractivity contribution is 6.09. The van der Waals surface area contributed by atoms with E-state index in [0.717, 1.165) is 35.7 Å². The van der Waals surface area contributed by atoms with Crippen molar-refractivity contribution in [2.75, 3.05) is 7.11 Å². The van der Waals surface area contributed by atoms with E-state index in [-0.39, 0.29) is 23.1 Å². The van der Waals surface area contributed by atoms with Gasteiger partial charge in [0.1, 0.15) is 11.6 Å². The lowest BCUT2D eigenvalue weighted by atomic mass is 9.88. The van der Waals surface area contributed by atoms with E-state index in [1.165, 1.54) is 17.9 Å².